The second-order valence-electron chi connectivity index (χ2n) is 7.31. The summed E-state index contributed by atoms with van der Waals surface area (Å²) in [6.07, 6.45) is 0. The fourth-order valence-corrected chi connectivity index (χ4v) is 4.45. The minimum absolute atomic E-state index is 0.185. The minimum Gasteiger partial charge on any atom is -0.480 e. The number of hydrogen-bond donors (Lipinski definition) is 0. The van der Waals surface area contributed by atoms with Crippen LogP contribution in [0.25, 0.3) is 5.69 Å². The Morgan fingerprint density at radius 3 is 2.61 bits per heavy atom. The van der Waals surface area contributed by atoms with Crippen LogP contribution in [-0.2, 0) is 4.79 Å². The van der Waals surface area contributed by atoms with Crippen molar-refractivity contribution in [2.24, 2.45) is 0 Å². The molecule has 2 heterocycles. The molecule has 0 saturated carbocycles. The smallest absolute Gasteiger partial charge is 0.271 e. The van der Waals surface area contributed by atoms with Gasteiger partial charge in [-0.15, -0.1) is 11.3 Å². The molecular weight excluding hydrogens is 458 g/mol. The first-order chi connectivity index (χ1) is 15.9. The second-order valence-corrected chi connectivity index (χ2v) is 8.56. The molecule has 0 unspecified atom stereocenters. The summed E-state index contributed by atoms with van der Waals surface area (Å²) in [5.41, 5.74) is 4.01. The van der Waals surface area contributed by atoms with Crippen molar-refractivity contribution in [3.63, 3.8) is 0 Å². The standard InChI is InChI=1S/C24H20ClN5O2S/c1-15-14-33-24(27-15)29(19-7-5-4-6-8-19)22(31)13-32-23-16(2)28-30(17(23)3)20-10-9-18(12-26)21(25)11-20/h4-11,14H,13H2,1-3H3. The fourth-order valence-electron chi connectivity index (χ4n) is 3.40. The maximum atomic E-state index is 13.2. The summed E-state index contributed by atoms with van der Waals surface area (Å²) in [6.45, 7) is 5.37. The van der Waals surface area contributed by atoms with Gasteiger partial charge in [0.15, 0.2) is 17.5 Å². The third kappa shape index (κ3) is 4.60. The van der Waals surface area contributed by atoms with Gasteiger partial charge in [0.05, 0.1) is 33.3 Å². The van der Waals surface area contributed by atoms with Gasteiger partial charge in [-0.2, -0.15) is 10.4 Å². The summed E-state index contributed by atoms with van der Waals surface area (Å²) >= 11 is 7.59. The van der Waals surface area contributed by atoms with Gasteiger partial charge in [0.25, 0.3) is 5.91 Å². The molecule has 166 valence electrons. The molecule has 4 aromatic rings. The Bertz CT molecular complexity index is 1360. The number of ether oxygens (including phenoxy) is 1. The number of hydrogen-bond acceptors (Lipinski definition) is 6. The van der Waals surface area contributed by atoms with Crippen LogP contribution in [0.4, 0.5) is 10.8 Å². The lowest BCUT2D eigenvalue weighted by Gasteiger charge is -2.20. The fraction of sp³-hybridized carbons (Fsp3) is 0.167. The van der Waals surface area contributed by atoms with E-state index in [0.29, 0.717) is 32.8 Å². The number of aromatic nitrogens is 3. The van der Waals surface area contributed by atoms with E-state index in [4.69, 9.17) is 21.6 Å². The Kier molecular flexibility index (Phi) is 6.45. The lowest BCUT2D eigenvalue weighted by molar-refractivity contribution is -0.119. The quantitative estimate of drug-likeness (QED) is 0.365. The van der Waals surface area contributed by atoms with Crippen molar-refractivity contribution in [2.45, 2.75) is 20.8 Å². The van der Waals surface area contributed by atoms with Crippen LogP contribution in [0.5, 0.6) is 5.75 Å². The average Bonchev–Trinajstić information content (AvgIpc) is 3.35. The van der Waals surface area contributed by atoms with Gasteiger partial charge < -0.3 is 4.74 Å². The van der Waals surface area contributed by atoms with E-state index in [-0.39, 0.29) is 12.5 Å². The van der Waals surface area contributed by atoms with E-state index in [1.165, 1.54) is 11.3 Å². The van der Waals surface area contributed by atoms with Gasteiger partial charge in [0, 0.05) is 5.38 Å². The van der Waals surface area contributed by atoms with Crippen LogP contribution >= 0.6 is 22.9 Å². The number of benzene rings is 2. The molecule has 0 saturated heterocycles. The van der Waals surface area contributed by atoms with Gasteiger partial charge in [0.1, 0.15) is 11.8 Å². The van der Waals surface area contributed by atoms with E-state index in [2.05, 4.69) is 10.1 Å². The van der Waals surface area contributed by atoms with Crippen molar-refractivity contribution < 1.29 is 9.53 Å². The van der Waals surface area contributed by atoms with Crippen LogP contribution < -0.4 is 9.64 Å². The van der Waals surface area contributed by atoms with E-state index in [9.17, 15) is 4.79 Å². The highest BCUT2D eigenvalue weighted by Gasteiger charge is 2.23. The number of carbonyl (C=O) groups is 1. The molecule has 33 heavy (non-hydrogen) atoms. The van der Waals surface area contributed by atoms with E-state index in [1.54, 1.807) is 27.8 Å². The van der Waals surface area contributed by atoms with Crippen LogP contribution in [0.1, 0.15) is 22.6 Å². The molecule has 0 atom stereocenters. The summed E-state index contributed by atoms with van der Waals surface area (Å²) in [5.74, 6) is 0.274. The summed E-state index contributed by atoms with van der Waals surface area (Å²) in [7, 11) is 0. The average molecular weight is 478 g/mol. The SMILES string of the molecule is Cc1csc(N(C(=O)COc2c(C)nn(-c3ccc(C#N)c(Cl)c3)c2C)c2ccccc2)n1. The maximum Gasteiger partial charge on any atom is 0.271 e. The molecule has 7 nitrogen and oxygen atoms in total. The minimum atomic E-state index is -0.247. The number of nitriles is 1. The number of anilines is 2. The largest absolute Gasteiger partial charge is 0.480 e. The predicted molar refractivity (Wildman–Crippen MR) is 129 cm³/mol. The molecule has 1 amide bonds. The van der Waals surface area contributed by atoms with Crippen molar-refractivity contribution in [3.05, 3.63) is 81.6 Å². The number of amides is 1. The lowest BCUT2D eigenvalue weighted by Crippen LogP contribution is -2.31. The molecule has 4 rings (SSSR count). The molecule has 0 bridgehead atoms. The van der Waals surface area contributed by atoms with E-state index in [0.717, 1.165) is 17.1 Å². The van der Waals surface area contributed by atoms with Crippen LogP contribution in [0.2, 0.25) is 5.02 Å². The van der Waals surface area contributed by atoms with Crippen molar-refractivity contribution in [3.8, 4) is 17.5 Å². The number of para-hydroxylation sites is 1. The third-order valence-corrected chi connectivity index (χ3v) is 6.20. The van der Waals surface area contributed by atoms with Gasteiger partial charge >= 0.3 is 0 Å². The Morgan fingerprint density at radius 2 is 1.97 bits per heavy atom. The van der Waals surface area contributed by atoms with Crippen molar-refractivity contribution in [1.29, 1.82) is 5.26 Å². The Morgan fingerprint density at radius 1 is 1.21 bits per heavy atom. The molecular formula is C24H20ClN5O2S. The topological polar surface area (TPSA) is 84.0 Å². The summed E-state index contributed by atoms with van der Waals surface area (Å²) in [4.78, 5) is 19.3. The Balaban J connectivity index is 1.59. The number of halogens is 1. The van der Waals surface area contributed by atoms with Gasteiger partial charge in [-0.05, 0) is 51.1 Å². The van der Waals surface area contributed by atoms with E-state index < -0.39 is 0 Å². The molecule has 2 aromatic carbocycles. The van der Waals surface area contributed by atoms with E-state index >= 15 is 0 Å². The van der Waals surface area contributed by atoms with E-state index in [1.807, 2.05) is 62.6 Å². The highest BCUT2D eigenvalue weighted by atomic mass is 35.5. The monoisotopic (exact) mass is 477 g/mol. The normalized spacial score (nSPS) is 10.6. The van der Waals surface area contributed by atoms with Crippen molar-refractivity contribution >= 4 is 39.7 Å². The van der Waals surface area contributed by atoms with Crippen LogP contribution in [0.15, 0.2) is 53.9 Å². The first kappa shape index (κ1) is 22.5. The molecule has 9 heteroatoms. The van der Waals surface area contributed by atoms with Gasteiger partial charge in [-0.1, -0.05) is 29.8 Å². The van der Waals surface area contributed by atoms with Crippen molar-refractivity contribution in [1.82, 2.24) is 14.8 Å². The molecule has 0 radical (unpaired) electrons. The number of rotatable bonds is 6. The van der Waals surface area contributed by atoms with Gasteiger partial charge in [-0.25, -0.2) is 9.67 Å². The Hall–Kier alpha value is -3.67. The molecule has 0 aliphatic heterocycles. The van der Waals surface area contributed by atoms with Crippen LogP contribution in [0.3, 0.4) is 0 Å². The number of carbonyl (C=O) groups excluding carboxylic acids is 1. The number of aryl methyl sites for hydroxylation is 2. The van der Waals surface area contributed by atoms with Gasteiger partial charge in [-0.3, -0.25) is 9.69 Å². The number of thiazole rings is 1. The summed E-state index contributed by atoms with van der Waals surface area (Å²) in [6, 6.07) is 16.5. The zero-order valence-corrected chi connectivity index (χ0v) is 19.8. The summed E-state index contributed by atoms with van der Waals surface area (Å²) < 4.78 is 7.64. The highest BCUT2D eigenvalue weighted by Crippen LogP contribution is 2.30. The first-order valence-electron chi connectivity index (χ1n) is 10.1. The molecule has 0 spiro atoms. The third-order valence-electron chi connectivity index (χ3n) is 4.94. The highest BCUT2D eigenvalue weighted by molar-refractivity contribution is 7.14. The second kappa shape index (κ2) is 9.45. The van der Waals surface area contributed by atoms with Crippen LogP contribution in [0, 0.1) is 32.1 Å². The molecule has 0 N–H and O–H groups in total. The Labute approximate surface area is 200 Å². The predicted octanol–water partition coefficient (Wildman–Crippen LogP) is 5.52. The summed E-state index contributed by atoms with van der Waals surface area (Å²) in [5, 5.41) is 16.5. The molecule has 0 fully saturated rings. The molecule has 0 aliphatic carbocycles. The van der Waals surface area contributed by atoms with Crippen LogP contribution in [-0.4, -0.2) is 27.3 Å². The maximum absolute atomic E-state index is 13.2. The zero-order chi connectivity index (χ0) is 23.5. The first-order valence-corrected chi connectivity index (χ1v) is 11.3. The number of nitrogens with zero attached hydrogens (tertiary/aromatic N) is 5. The van der Waals surface area contributed by atoms with Crippen molar-refractivity contribution in [2.75, 3.05) is 11.5 Å². The zero-order valence-electron chi connectivity index (χ0n) is 18.2. The molecule has 2 aromatic heterocycles. The van der Waals surface area contributed by atoms with Gasteiger partial charge in [0.2, 0.25) is 0 Å². The molecule has 0 aliphatic rings. The lowest BCUT2D eigenvalue weighted by atomic mass is 10.2.